The molecule has 4 aromatic heterocycles. The molecule has 4 aliphatic rings. The van der Waals surface area contributed by atoms with Gasteiger partial charge in [-0.25, -0.2) is 9.97 Å². The fourth-order valence-corrected chi connectivity index (χ4v) is 11.0. The summed E-state index contributed by atoms with van der Waals surface area (Å²) in [6.45, 7) is 9.59. The van der Waals surface area contributed by atoms with Crippen LogP contribution in [0.15, 0.2) is 35.3 Å². The number of nitrogens with two attached hydrogens (primary N) is 1. The molecular formula is C48H71BrCl2N8O3S2. The number of ether oxygens (including phenoxy) is 3. The summed E-state index contributed by atoms with van der Waals surface area (Å²) in [6, 6.07) is 5.36. The van der Waals surface area contributed by atoms with E-state index in [1.54, 1.807) is 42.2 Å². The van der Waals surface area contributed by atoms with Gasteiger partial charge in [0.15, 0.2) is 10.3 Å². The molecule has 0 bridgehead atoms. The lowest BCUT2D eigenvalue weighted by atomic mass is 9.83. The Morgan fingerprint density at radius 3 is 1.59 bits per heavy atom. The largest absolute Gasteiger partial charge is 0.384 e. The third-order valence-electron chi connectivity index (χ3n) is 12.8. The van der Waals surface area contributed by atoms with Crippen LogP contribution in [0.25, 0.3) is 22.5 Å². The minimum atomic E-state index is 0.382. The normalized spacial score (nSPS) is 21.9. The van der Waals surface area contributed by atoms with E-state index in [0.29, 0.717) is 45.8 Å². The first-order valence-corrected chi connectivity index (χ1v) is 27.3. The van der Waals surface area contributed by atoms with E-state index in [2.05, 4.69) is 76.4 Å². The molecule has 64 heavy (non-hydrogen) atoms. The molecule has 5 N–H and O–H groups in total. The number of nitrogens with one attached hydrogen (secondary N) is 3. The Morgan fingerprint density at radius 1 is 0.703 bits per heavy atom. The van der Waals surface area contributed by atoms with Crippen molar-refractivity contribution in [1.29, 1.82) is 0 Å². The number of pyridine rings is 2. The number of rotatable bonds is 17. The zero-order valence-electron chi connectivity index (χ0n) is 37.9. The summed E-state index contributed by atoms with van der Waals surface area (Å²) in [5.41, 5.74) is 12.1. The maximum Gasteiger partial charge on any atom is 0.183 e. The highest BCUT2D eigenvalue weighted by Crippen LogP contribution is 2.35. The molecule has 0 aromatic carbocycles. The highest BCUT2D eigenvalue weighted by molar-refractivity contribution is 9.09. The topological polar surface area (TPSA) is 141 Å². The summed E-state index contributed by atoms with van der Waals surface area (Å²) in [5, 5.41) is 19.1. The van der Waals surface area contributed by atoms with Crippen LogP contribution in [0.5, 0.6) is 0 Å². The Morgan fingerprint density at radius 2 is 1.17 bits per heavy atom. The molecule has 4 aromatic rings. The Balaban J connectivity index is 0.000000193. The standard InChI is InChI=1S/C24H35ClN4OS.C21H29ClN4OS.C3H7BrO/c1-2-9-26-19-5-3-17(4-6-19)12-20-13-21(22(25)15-27-20)23-16-31-24(29-23)28-14-18-7-10-30-11-8-18;22-19-12-24-17(9-14-1-3-16(23)4-2-14)10-18(19)20-13-28-21(26-20)25-11-15-5-7-27-8-6-15;1-5-3-2-4/h13,15-19,26H,2-12,14H2,1H3,(H,28,29);10,12-16H,1-9,11,23H2,(H,25,26);2-3H2,1H3. The van der Waals surface area contributed by atoms with Gasteiger partial charge in [0.1, 0.15) is 0 Å². The van der Waals surface area contributed by atoms with Crippen molar-refractivity contribution in [2.75, 3.05) is 75.7 Å². The van der Waals surface area contributed by atoms with Gasteiger partial charge in [-0.05, 0) is 139 Å². The second kappa shape index (κ2) is 28.4. The van der Waals surface area contributed by atoms with Crippen LogP contribution in [-0.2, 0) is 27.1 Å². The summed E-state index contributed by atoms with van der Waals surface area (Å²) in [5.74, 6) is 2.73. The summed E-state index contributed by atoms with van der Waals surface area (Å²) < 4.78 is 15.5. The zero-order chi connectivity index (χ0) is 44.9. The monoisotopic (exact) mass is 1020 g/mol. The maximum absolute atomic E-state index is 6.51. The Labute approximate surface area is 408 Å². The van der Waals surface area contributed by atoms with Crippen LogP contribution in [0.2, 0.25) is 10.0 Å². The number of hydrogen-bond donors (Lipinski definition) is 4. The van der Waals surface area contributed by atoms with Gasteiger partial charge in [0.25, 0.3) is 0 Å². The van der Waals surface area contributed by atoms with Crippen LogP contribution >= 0.6 is 61.8 Å². The molecule has 4 fully saturated rings. The molecule has 2 aliphatic carbocycles. The molecule has 2 saturated carbocycles. The average Bonchev–Trinajstić information content (AvgIpc) is 4.01. The maximum atomic E-state index is 6.51. The van der Waals surface area contributed by atoms with Gasteiger partial charge in [-0.2, -0.15) is 0 Å². The molecule has 2 aliphatic heterocycles. The van der Waals surface area contributed by atoms with Crippen molar-refractivity contribution in [3.63, 3.8) is 0 Å². The molecule has 8 rings (SSSR count). The van der Waals surface area contributed by atoms with Crippen molar-refractivity contribution in [2.24, 2.45) is 29.4 Å². The van der Waals surface area contributed by atoms with E-state index in [-0.39, 0.29) is 0 Å². The molecule has 0 spiro atoms. The fraction of sp³-hybridized carbons (Fsp3) is 0.667. The predicted molar refractivity (Wildman–Crippen MR) is 272 cm³/mol. The summed E-state index contributed by atoms with van der Waals surface area (Å²) >= 11 is 19.4. The molecule has 0 atom stereocenters. The van der Waals surface area contributed by atoms with Crippen molar-refractivity contribution < 1.29 is 14.2 Å². The van der Waals surface area contributed by atoms with Gasteiger partial charge in [0.05, 0.1) is 28.0 Å². The van der Waals surface area contributed by atoms with Crippen LogP contribution in [0.1, 0.15) is 102 Å². The van der Waals surface area contributed by atoms with Crippen LogP contribution in [0, 0.1) is 23.7 Å². The van der Waals surface area contributed by atoms with E-state index in [9.17, 15) is 0 Å². The van der Waals surface area contributed by atoms with Crippen molar-refractivity contribution in [2.45, 2.75) is 115 Å². The van der Waals surface area contributed by atoms with Crippen LogP contribution < -0.4 is 21.7 Å². The van der Waals surface area contributed by atoms with Gasteiger partial charge in [-0.3, -0.25) is 9.97 Å². The number of hydrogen-bond acceptors (Lipinski definition) is 13. The number of methoxy groups -OCH3 is 1. The van der Waals surface area contributed by atoms with Crippen LogP contribution in [-0.4, -0.2) is 97.1 Å². The van der Waals surface area contributed by atoms with E-state index < -0.39 is 0 Å². The molecule has 6 heterocycles. The molecular weight excluding hydrogens is 952 g/mol. The molecule has 16 heteroatoms. The quantitative estimate of drug-likeness (QED) is 0.0751. The smallest absolute Gasteiger partial charge is 0.183 e. The lowest BCUT2D eigenvalue weighted by Crippen LogP contribution is -2.34. The van der Waals surface area contributed by atoms with Crippen LogP contribution in [0.3, 0.4) is 0 Å². The van der Waals surface area contributed by atoms with E-state index >= 15 is 0 Å². The Hall–Kier alpha value is -1.98. The zero-order valence-corrected chi connectivity index (χ0v) is 42.7. The molecule has 2 saturated heterocycles. The van der Waals surface area contributed by atoms with E-state index in [1.807, 2.05) is 0 Å². The van der Waals surface area contributed by atoms with Crippen LogP contribution in [0.4, 0.5) is 10.3 Å². The highest BCUT2D eigenvalue weighted by atomic mass is 79.9. The number of halogens is 3. The first kappa shape index (κ1) is 51.4. The Kier molecular flexibility index (Phi) is 22.8. The van der Waals surface area contributed by atoms with E-state index in [0.717, 1.165) is 154 Å². The van der Waals surface area contributed by atoms with Gasteiger partial charge >= 0.3 is 0 Å². The third kappa shape index (κ3) is 17.3. The van der Waals surface area contributed by atoms with Gasteiger partial charge < -0.3 is 35.9 Å². The van der Waals surface area contributed by atoms with E-state index in [1.165, 1.54) is 44.9 Å². The Bertz CT molecular complexity index is 1910. The highest BCUT2D eigenvalue weighted by Gasteiger charge is 2.23. The summed E-state index contributed by atoms with van der Waals surface area (Å²) in [7, 11) is 1.68. The minimum absolute atomic E-state index is 0.382. The van der Waals surface area contributed by atoms with Crippen molar-refractivity contribution in [3.05, 3.63) is 56.7 Å². The SMILES string of the molecule is CCCNC1CCC(Cc2cc(-c3csc(NCC4CCOCC4)n3)c(Cl)cn2)CC1.COCCBr.NC1CCC(Cc2cc(-c3csc(NCC4CCOCC4)n3)c(Cl)cn2)CC1. The predicted octanol–water partition coefficient (Wildman–Crippen LogP) is 11.6. The first-order chi connectivity index (χ1) is 31.3. The number of anilines is 2. The lowest BCUT2D eigenvalue weighted by molar-refractivity contribution is 0.0698. The fourth-order valence-electron chi connectivity index (χ4n) is 8.88. The van der Waals surface area contributed by atoms with E-state index in [4.69, 9.17) is 48.4 Å². The molecule has 0 radical (unpaired) electrons. The van der Waals surface area contributed by atoms with Crippen molar-refractivity contribution >= 4 is 72.1 Å². The average molecular weight is 1020 g/mol. The second-order valence-corrected chi connectivity index (χ2v) is 21.1. The number of aromatic nitrogens is 4. The molecule has 11 nitrogen and oxygen atoms in total. The second-order valence-electron chi connectivity index (χ2n) is 17.8. The first-order valence-electron chi connectivity index (χ1n) is 23.7. The number of alkyl halides is 1. The molecule has 0 unspecified atom stereocenters. The lowest BCUT2D eigenvalue weighted by Gasteiger charge is -2.29. The van der Waals surface area contributed by atoms with Crippen molar-refractivity contribution in [3.8, 4) is 22.5 Å². The summed E-state index contributed by atoms with van der Waals surface area (Å²) in [6.07, 6.45) is 21.0. The molecule has 0 amide bonds. The minimum Gasteiger partial charge on any atom is -0.384 e. The number of nitrogens with zero attached hydrogens (tertiary/aromatic N) is 4. The van der Waals surface area contributed by atoms with Gasteiger partial charge in [0.2, 0.25) is 0 Å². The summed E-state index contributed by atoms with van der Waals surface area (Å²) in [4.78, 5) is 18.8. The van der Waals surface area contributed by atoms with Gasteiger partial charge in [-0.15, -0.1) is 22.7 Å². The number of thiazole rings is 2. The van der Waals surface area contributed by atoms with Crippen molar-refractivity contribution in [1.82, 2.24) is 25.3 Å². The van der Waals surface area contributed by atoms with Gasteiger partial charge in [-0.1, -0.05) is 46.1 Å². The molecule has 354 valence electrons. The van der Waals surface area contributed by atoms with Gasteiger partial charge in [0, 0.05) is 110 Å². The third-order valence-corrected chi connectivity index (χ3v) is 15.4.